The number of ketones is 1. The highest BCUT2D eigenvalue weighted by molar-refractivity contribution is 7.99. The summed E-state index contributed by atoms with van der Waals surface area (Å²) in [6.45, 7) is 3.14. The molecule has 0 saturated carbocycles. The minimum Gasteiger partial charge on any atom is -0.457 e. The third-order valence-electron chi connectivity index (χ3n) is 4.84. The summed E-state index contributed by atoms with van der Waals surface area (Å²) in [5, 5.41) is 3.20. The SMILES string of the molecule is CC(=O)c1c(C)nc(SCC(=O)Nc2ccc(OC(=O)c3ccco3)cc2)n1-c1ccc(F)cc1. The number of nitrogens with one attached hydrogen (secondary N) is 1. The predicted octanol–water partition coefficient (Wildman–Crippen LogP) is 5.07. The third-order valence-corrected chi connectivity index (χ3v) is 5.78. The number of furan rings is 1. The van der Waals surface area contributed by atoms with Gasteiger partial charge in [-0.25, -0.2) is 14.2 Å². The maximum Gasteiger partial charge on any atom is 0.379 e. The molecule has 4 rings (SSSR count). The summed E-state index contributed by atoms with van der Waals surface area (Å²) in [4.78, 5) is 41.1. The first-order valence-electron chi connectivity index (χ1n) is 10.5. The van der Waals surface area contributed by atoms with Gasteiger partial charge in [0.05, 0.1) is 17.7 Å². The molecule has 0 aliphatic heterocycles. The van der Waals surface area contributed by atoms with Crippen molar-refractivity contribution in [2.24, 2.45) is 0 Å². The van der Waals surface area contributed by atoms with Crippen LogP contribution in [0.1, 0.15) is 33.7 Å². The number of hydrogen-bond donors (Lipinski definition) is 1. The number of thioether (sulfide) groups is 1. The molecular weight excluding hydrogens is 473 g/mol. The summed E-state index contributed by atoms with van der Waals surface area (Å²) >= 11 is 1.15. The Morgan fingerprint density at radius 3 is 2.43 bits per heavy atom. The van der Waals surface area contributed by atoms with E-state index in [1.165, 1.54) is 31.4 Å². The van der Waals surface area contributed by atoms with Crippen LogP contribution in [0.15, 0.2) is 76.5 Å². The van der Waals surface area contributed by atoms with Crippen molar-refractivity contribution in [1.82, 2.24) is 9.55 Å². The molecule has 0 saturated heterocycles. The molecule has 178 valence electrons. The number of imidazole rings is 1. The van der Waals surface area contributed by atoms with E-state index in [0.29, 0.717) is 33.7 Å². The number of rotatable bonds is 8. The van der Waals surface area contributed by atoms with Crippen molar-refractivity contribution < 1.29 is 27.9 Å². The van der Waals surface area contributed by atoms with Crippen LogP contribution < -0.4 is 10.1 Å². The number of carbonyl (C=O) groups excluding carboxylic acids is 3. The second-order valence-corrected chi connectivity index (χ2v) is 8.37. The van der Waals surface area contributed by atoms with E-state index in [-0.39, 0.29) is 23.2 Å². The Kier molecular flexibility index (Phi) is 7.11. The Morgan fingerprint density at radius 2 is 1.80 bits per heavy atom. The normalized spacial score (nSPS) is 10.7. The number of esters is 1. The van der Waals surface area contributed by atoms with E-state index in [0.717, 1.165) is 11.8 Å². The number of ether oxygens (including phenoxy) is 1. The van der Waals surface area contributed by atoms with Gasteiger partial charge in [0.2, 0.25) is 11.7 Å². The average Bonchev–Trinajstić information content (AvgIpc) is 3.48. The summed E-state index contributed by atoms with van der Waals surface area (Å²) < 4.78 is 25.2. The van der Waals surface area contributed by atoms with Crippen LogP contribution >= 0.6 is 11.8 Å². The molecule has 4 aromatic rings. The Balaban J connectivity index is 1.41. The molecule has 0 fully saturated rings. The maximum absolute atomic E-state index is 13.4. The van der Waals surface area contributed by atoms with Gasteiger partial charge in [-0.2, -0.15) is 0 Å². The van der Waals surface area contributed by atoms with Crippen molar-refractivity contribution in [1.29, 1.82) is 0 Å². The van der Waals surface area contributed by atoms with Crippen LogP contribution in [0, 0.1) is 12.7 Å². The fraction of sp³-hybridized carbons (Fsp3) is 0.120. The van der Waals surface area contributed by atoms with Crippen LogP contribution in [0.4, 0.5) is 10.1 Å². The van der Waals surface area contributed by atoms with Crippen LogP contribution in [0.3, 0.4) is 0 Å². The number of amides is 1. The number of nitrogens with zero attached hydrogens (tertiary/aromatic N) is 2. The van der Waals surface area contributed by atoms with Gasteiger partial charge in [0.1, 0.15) is 17.3 Å². The lowest BCUT2D eigenvalue weighted by Crippen LogP contribution is -2.15. The molecule has 0 atom stereocenters. The highest BCUT2D eigenvalue weighted by Gasteiger charge is 2.20. The number of aryl methyl sites for hydroxylation is 1. The van der Waals surface area contributed by atoms with Gasteiger partial charge in [-0.3, -0.25) is 14.2 Å². The van der Waals surface area contributed by atoms with Crippen molar-refractivity contribution in [2.45, 2.75) is 19.0 Å². The van der Waals surface area contributed by atoms with Gasteiger partial charge >= 0.3 is 5.97 Å². The van der Waals surface area contributed by atoms with Crippen LogP contribution in [-0.4, -0.2) is 33.0 Å². The first-order valence-corrected chi connectivity index (χ1v) is 11.4. The van der Waals surface area contributed by atoms with Gasteiger partial charge in [0.25, 0.3) is 0 Å². The number of Topliss-reactive ketones (excluding diaryl/α,β-unsaturated/α-hetero) is 1. The first-order chi connectivity index (χ1) is 16.8. The Bertz CT molecular complexity index is 1360. The topological polar surface area (TPSA) is 103 Å². The smallest absolute Gasteiger partial charge is 0.379 e. The second kappa shape index (κ2) is 10.4. The van der Waals surface area contributed by atoms with Crippen LogP contribution in [0.25, 0.3) is 5.69 Å². The molecule has 35 heavy (non-hydrogen) atoms. The Hall–Kier alpha value is -4.18. The number of aromatic nitrogens is 2. The van der Waals surface area contributed by atoms with E-state index < -0.39 is 11.8 Å². The quantitative estimate of drug-likeness (QED) is 0.158. The summed E-state index contributed by atoms with van der Waals surface area (Å²) in [5.74, 6) is -1.11. The monoisotopic (exact) mass is 493 g/mol. The second-order valence-electron chi connectivity index (χ2n) is 7.42. The van der Waals surface area contributed by atoms with E-state index in [1.54, 1.807) is 54.0 Å². The number of hydrogen-bond acceptors (Lipinski definition) is 7. The first kappa shape index (κ1) is 24.0. The summed E-state index contributed by atoms with van der Waals surface area (Å²) in [7, 11) is 0. The maximum atomic E-state index is 13.4. The number of benzene rings is 2. The van der Waals surface area contributed by atoms with Crippen molar-refractivity contribution in [3.05, 3.63) is 89.9 Å². The highest BCUT2D eigenvalue weighted by Crippen LogP contribution is 2.27. The molecule has 2 heterocycles. The van der Waals surface area contributed by atoms with Crippen molar-refractivity contribution in [2.75, 3.05) is 11.1 Å². The van der Waals surface area contributed by atoms with Crippen molar-refractivity contribution in [3.63, 3.8) is 0 Å². The van der Waals surface area contributed by atoms with Crippen LogP contribution in [0.5, 0.6) is 5.75 Å². The zero-order valence-corrected chi connectivity index (χ0v) is 19.6. The summed E-state index contributed by atoms with van der Waals surface area (Å²) in [5.41, 5.74) is 1.97. The highest BCUT2D eigenvalue weighted by atomic mass is 32.2. The van der Waals surface area contributed by atoms with E-state index in [2.05, 4.69) is 10.3 Å². The predicted molar refractivity (Wildman–Crippen MR) is 128 cm³/mol. The van der Waals surface area contributed by atoms with Gasteiger partial charge in [-0.15, -0.1) is 0 Å². The molecule has 1 N–H and O–H groups in total. The summed E-state index contributed by atoms with van der Waals surface area (Å²) in [6, 6.07) is 15.1. The van der Waals surface area contributed by atoms with Gasteiger partial charge in [0, 0.05) is 18.3 Å². The minimum atomic E-state index is -0.625. The number of anilines is 1. The standard InChI is InChI=1S/C25H20FN3O5S/c1-15-23(16(2)30)29(19-9-5-17(26)6-10-19)25(27-15)35-14-22(31)28-18-7-11-20(12-8-18)34-24(32)21-4-3-13-33-21/h3-13H,14H2,1-2H3,(H,28,31). The van der Waals surface area contributed by atoms with Gasteiger partial charge in [-0.05, 0) is 67.6 Å². The Labute approximate surface area is 204 Å². The number of halogens is 1. The van der Waals surface area contributed by atoms with E-state index in [4.69, 9.17) is 9.15 Å². The molecule has 2 aromatic heterocycles. The minimum absolute atomic E-state index is 0.0181. The van der Waals surface area contributed by atoms with Gasteiger partial charge in [-0.1, -0.05) is 11.8 Å². The zero-order valence-electron chi connectivity index (χ0n) is 18.8. The molecule has 8 nitrogen and oxygen atoms in total. The van der Waals surface area contributed by atoms with Gasteiger partial charge < -0.3 is 14.5 Å². The van der Waals surface area contributed by atoms with E-state index in [1.807, 2.05) is 0 Å². The summed E-state index contributed by atoms with van der Waals surface area (Å²) in [6.07, 6.45) is 1.38. The lowest BCUT2D eigenvalue weighted by molar-refractivity contribution is -0.113. The molecule has 2 aromatic carbocycles. The molecule has 0 radical (unpaired) electrons. The molecule has 0 aliphatic carbocycles. The number of carbonyl (C=O) groups is 3. The third kappa shape index (κ3) is 5.67. The molecule has 0 unspecified atom stereocenters. The van der Waals surface area contributed by atoms with E-state index in [9.17, 15) is 18.8 Å². The zero-order chi connectivity index (χ0) is 24.9. The van der Waals surface area contributed by atoms with Crippen molar-refractivity contribution >= 4 is 35.1 Å². The van der Waals surface area contributed by atoms with Crippen LogP contribution in [0.2, 0.25) is 0 Å². The van der Waals surface area contributed by atoms with E-state index >= 15 is 0 Å². The lowest BCUT2D eigenvalue weighted by atomic mass is 10.2. The molecule has 0 aliphatic rings. The molecule has 1 amide bonds. The molecule has 0 spiro atoms. The fourth-order valence-corrected chi connectivity index (χ4v) is 4.19. The lowest BCUT2D eigenvalue weighted by Gasteiger charge is -2.11. The molecule has 10 heteroatoms. The molecular formula is C25H20FN3O5S. The largest absolute Gasteiger partial charge is 0.457 e. The average molecular weight is 494 g/mol. The van der Waals surface area contributed by atoms with Gasteiger partial charge in [0.15, 0.2) is 10.9 Å². The fourth-order valence-electron chi connectivity index (χ4n) is 3.33. The molecule has 0 bridgehead atoms. The van der Waals surface area contributed by atoms with Crippen molar-refractivity contribution in [3.8, 4) is 11.4 Å². The van der Waals surface area contributed by atoms with Crippen LogP contribution in [-0.2, 0) is 4.79 Å². The Morgan fingerprint density at radius 1 is 1.09 bits per heavy atom.